The fourth-order valence-corrected chi connectivity index (χ4v) is 1.96. The lowest BCUT2D eigenvalue weighted by Gasteiger charge is -2.05. The second-order valence-corrected chi connectivity index (χ2v) is 4.58. The molecule has 0 spiro atoms. The van der Waals surface area contributed by atoms with E-state index in [0.29, 0.717) is 5.69 Å². The first kappa shape index (κ1) is 13.1. The Balaban J connectivity index is 1.71. The Hall–Kier alpha value is -2.95. The van der Waals surface area contributed by atoms with Crippen LogP contribution in [0.4, 0.5) is 5.69 Å². The molecule has 2 N–H and O–H groups in total. The minimum atomic E-state index is -0.471. The molecule has 0 saturated carbocycles. The Morgan fingerprint density at radius 1 is 1.14 bits per heavy atom. The van der Waals surface area contributed by atoms with E-state index in [-0.39, 0.29) is 12.3 Å². The summed E-state index contributed by atoms with van der Waals surface area (Å²) in [5.41, 5.74) is 8.09. The lowest BCUT2D eigenvalue weighted by Crippen LogP contribution is -2.07. The van der Waals surface area contributed by atoms with Crippen molar-refractivity contribution in [3.05, 3.63) is 66.1 Å². The van der Waals surface area contributed by atoms with Crippen LogP contribution in [-0.2, 0) is 11.3 Å². The van der Waals surface area contributed by atoms with Gasteiger partial charge in [-0.25, -0.2) is 9.78 Å². The van der Waals surface area contributed by atoms with Crippen molar-refractivity contribution in [3.8, 4) is 0 Å². The SMILES string of the molecule is Nc1ccc(C(=O)OCc2ccc3ncccc3c2)nc1. The summed E-state index contributed by atoms with van der Waals surface area (Å²) in [6, 6.07) is 12.7. The van der Waals surface area contributed by atoms with Crippen LogP contribution in [0.15, 0.2) is 54.9 Å². The standard InChI is InChI=1S/C16H13N3O2/c17-13-4-6-15(19-9-13)16(20)21-10-11-3-5-14-12(8-11)2-1-7-18-14/h1-9H,10,17H2. The smallest absolute Gasteiger partial charge is 0.357 e. The number of rotatable bonds is 3. The predicted molar refractivity (Wildman–Crippen MR) is 79.5 cm³/mol. The molecule has 0 amide bonds. The number of esters is 1. The van der Waals surface area contributed by atoms with Crippen LogP contribution in [0.2, 0.25) is 0 Å². The fraction of sp³-hybridized carbons (Fsp3) is 0.0625. The average Bonchev–Trinajstić information content (AvgIpc) is 2.53. The van der Waals surface area contributed by atoms with Crippen molar-refractivity contribution in [2.24, 2.45) is 0 Å². The van der Waals surface area contributed by atoms with E-state index in [2.05, 4.69) is 9.97 Å². The van der Waals surface area contributed by atoms with Crippen molar-refractivity contribution in [2.75, 3.05) is 5.73 Å². The van der Waals surface area contributed by atoms with Gasteiger partial charge < -0.3 is 10.5 Å². The van der Waals surface area contributed by atoms with Crippen LogP contribution in [0.5, 0.6) is 0 Å². The number of fused-ring (bicyclic) bond motifs is 1. The van der Waals surface area contributed by atoms with E-state index in [1.54, 1.807) is 18.3 Å². The van der Waals surface area contributed by atoms with E-state index in [1.807, 2.05) is 30.3 Å². The van der Waals surface area contributed by atoms with E-state index in [9.17, 15) is 4.79 Å². The van der Waals surface area contributed by atoms with Crippen LogP contribution in [0.3, 0.4) is 0 Å². The molecule has 5 heteroatoms. The summed E-state index contributed by atoms with van der Waals surface area (Å²) < 4.78 is 5.24. The maximum atomic E-state index is 11.9. The first-order chi connectivity index (χ1) is 10.2. The number of nitrogens with zero attached hydrogens (tertiary/aromatic N) is 2. The highest BCUT2D eigenvalue weighted by molar-refractivity contribution is 5.87. The van der Waals surface area contributed by atoms with Gasteiger partial charge in [-0.3, -0.25) is 4.98 Å². The summed E-state index contributed by atoms with van der Waals surface area (Å²) in [4.78, 5) is 20.0. The third-order valence-corrected chi connectivity index (χ3v) is 3.03. The molecule has 0 aliphatic rings. The number of benzene rings is 1. The summed E-state index contributed by atoms with van der Waals surface area (Å²) >= 11 is 0. The topological polar surface area (TPSA) is 78.1 Å². The van der Waals surface area contributed by atoms with Gasteiger partial charge in [-0.15, -0.1) is 0 Å². The molecule has 1 aromatic carbocycles. The van der Waals surface area contributed by atoms with Gasteiger partial charge in [0.05, 0.1) is 17.4 Å². The number of carbonyl (C=O) groups excluding carboxylic acids is 1. The number of anilines is 1. The van der Waals surface area contributed by atoms with Crippen LogP contribution in [0.25, 0.3) is 10.9 Å². The van der Waals surface area contributed by atoms with Gasteiger partial charge in [-0.05, 0) is 35.9 Å². The van der Waals surface area contributed by atoms with E-state index in [1.165, 1.54) is 6.20 Å². The van der Waals surface area contributed by atoms with Crippen molar-refractivity contribution in [3.63, 3.8) is 0 Å². The molecule has 21 heavy (non-hydrogen) atoms. The molecule has 3 rings (SSSR count). The zero-order valence-corrected chi connectivity index (χ0v) is 11.2. The summed E-state index contributed by atoms with van der Waals surface area (Å²) in [6.45, 7) is 0.190. The minimum Gasteiger partial charge on any atom is -0.456 e. The van der Waals surface area contributed by atoms with Crippen molar-refractivity contribution in [1.82, 2.24) is 9.97 Å². The Morgan fingerprint density at radius 3 is 2.86 bits per heavy atom. The molecule has 0 unspecified atom stereocenters. The maximum Gasteiger partial charge on any atom is 0.357 e. The zero-order chi connectivity index (χ0) is 14.7. The number of carbonyl (C=O) groups is 1. The van der Waals surface area contributed by atoms with Gasteiger partial charge in [-0.1, -0.05) is 12.1 Å². The highest BCUT2D eigenvalue weighted by atomic mass is 16.5. The predicted octanol–water partition coefficient (Wildman–Crippen LogP) is 2.57. The molecular formula is C16H13N3O2. The number of hydrogen-bond acceptors (Lipinski definition) is 5. The first-order valence-electron chi connectivity index (χ1n) is 6.45. The second-order valence-electron chi connectivity index (χ2n) is 4.58. The van der Waals surface area contributed by atoms with Crippen molar-refractivity contribution >= 4 is 22.6 Å². The van der Waals surface area contributed by atoms with E-state index >= 15 is 0 Å². The molecule has 0 bridgehead atoms. The largest absolute Gasteiger partial charge is 0.456 e. The van der Waals surface area contributed by atoms with Gasteiger partial charge >= 0.3 is 5.97 Å². The van der Waals surface area contributed by atoms with Crippen LogP contribution >= 0.6 is 0 Å². The lowest BCUT2D eigenvalue weighted by atomic mass is 10.1. The Morgan fingerprint density at radius 2 is 2.05 bits per heavy atom. The van der Waals surface area contributed by atoms with Gasteiger partial charge in [0.25, 0.3) is 0 Å². The molecule has 0 aliphatic heterocycles. The van der Waals surface area contributed by atoms with E-state index in [4.69, 9.17) is 10.5 Å². The summed E-state index contributed by atoms with van der Waals surface area (Å²) in [6.07, 6.45) is 3.17. The van der Waals surface area contributed by atoms with Gasteiger partial charge in [0.2, 0.25) is 0 Å². The van der Waals surface area contributed by atoms with Crippen molar-refractivity contribution < 1.29 is 9.53 Å². The molecule has 5 nitrogen and oxygen atoms in total. The van der Waals surface area contributed by atoms with Crippen LogP contribution < -0.4 is 5.73 Å². The number of nitrogens with two attached hydrogens (primary N) is 1. The van der Waals surface area contributed by atoms with Gasteiger partial charge in [0.1, 0.15) is 12.3 Å². The number of pyridine rings is 2. The maximum absolute atomic E-state index is 11.9. The molecular weight excluding hydrogens is 266 g/mol. The average molecular weight is 279 g/mol. The molecule has 0 radical (unpaired) electrons. The zero-order valence-electron chi connectivity index (χ0n) is 11.2. The number of ether oxygens (including phenoxy) is 1. The fourth-order valence-electron chi connectivity index (χ4n) is 1.96. The monoisotopic (exact) mass is 279 g/mol. The summed E-state index contributed by atoms with van der Waals surface area (Å²) in [5, 5.41) is 1.01. The third kappa shape index (κ3) is 2.97. The van der Waals surface area contributed by atoms with Crippen LogP contribution in [-0.4, -0.2) is 15.9 Å². The number of hydrogen-bond donors (Lipinski definition) is 1. The van der Waals surface area contributed by atoms with Crippen molar-refractivity contribution in [1.29, 1.82) is 0 Å². The Kier molecular flexibility index (Phi) is 3.47. The normalized spacial score (nSPS) is 10.5. The minimum absolute atomic E-state index is 0.190. The number of aromatic nitrogens is 2. The molecule has 3 aromatic rings. The van der Waals surface area contributed by atoms with Crippen LogP contribution in [0, 0.1) is 0 Å². The molecule has 0 fully saturated rings. The van der Waals surface area contributed by atoms with Gasteiger partial charge in [-0.2, -0.15) is 0 Å². The molecule has 104 valence electrons. The highest BCUT2D eigenvalue weighted by Gasteiger charge is 2.08. The van der Waals surface area contributed by atoms with Gasteiger partial charge in [0.15, 0.2) is 0 Å². The second kappa shape index (κ2) is 5.58. The highest BCUT2D eigenvalue weighted by Crippen LogP contribution is 2.14. The molecule has 2 aromatic heterocycles. The lowest BCUT2D eigenvalue weighted by molar-refractivity contribution is 0.0466. The Bertz CT molecular complexity index is 785. The third-order valence-electron chi connectivity index (χ3n) is 3.03. The van der Waals surface area contributed by atoms with Crippen LogP contribution in [0.1, 0.15) is 16.1 Å². The molecule has 0 saturated heterocycles. The summed E-state index contributed by atoms with van der Waals surface area (Å²) in [5.74, 6) is -0.471. The molecule has 0 aliphatic carbocycles. The summed E-state index contributed by atoms with van der Waals surface area (Å²) in [7, 11) is 0. The first-order valence-corrected chi connectivity index (χ1v) is 6.45. The van der Waals surface area contributed by atoms with E-state index < -0.39 is 5.97 Å². The molecule has 0 atom stereocenters. The molecule has 2 heterocycles. The quantitative estimate of drug-likeness (QED) is 0.745. The Labute approximate surface area is 121 Å². The number of nitrogen functional groups attached to an aromatic ring is 1. The van der Waals surface area contributed by atoms with E-state index in [0.717, 1.165) is 16.5 Å². The van der Waals surface area contributed by atoms with Gasteiger partial charge in [0, 0.05) is 11.6 Å². The van der Waals surface area contributed by atoms with Crippen molar-refractivity contribution in [2.45, 2.75) is 6.61 Å².